The van der Waals surface area contributed by atoms with Gasteiger partial charge in [-0.25, -0.2) is 4.98 Å². The van der Waals surface area contributed by atoms with Gasteiger partial charge >= 0.3 is 0 Å². The zero-order chi connectivity index (χ0) is 12.1. The summed E-state index contributed by atoms with van der Waals surface area (Å²) in [7, 11) is 0. The zero-order valence-electron chi connectivity index (χ0n) is 9.76. The molecular weight excluding hydrogens is 216 g/mol. The van der Waals surface area contributed by atoms with Crippen molar-refractivity contribution >= 4 is 0 Å². The highest BCUT2D eigenvalue weighted by atomic mass is 16.3. The van der Waals surface area contributed by atoms with Gasteiger partial charge in [0.05, 0.1) is 24.9 Å². The Labute approximate surface area is 100 Å². The fourth-order valence-electron chi connectivity index (χ4n) is 1.67. The molecule has 90 valence electrons. The standard InChI is InChI=1S/C13H16N2O2/c1-13(9-16,11-5-3-2-4-6-11)15-8-12-7-14-10-17-12/h2-7,10,15-16H,8-9H2,1H3. The number of rotatable bonds is 5. The van der Waals surface area contributed by atoms with E-state index in [0.717, 1.165) is 11.3 Å². The van der Waals surface area contributed by atoms with E-state index in [4.69, 9.17) is 4.42 Å². The Bertz CT molecular complexity index is 442. The van der Waals surface area contributed by atoms with Gasteiger partial charge in [-0.3, -0.25) is 5.32 Å². The summed E-state index contributed by atoms with van der Waals surface area (Å²) in [6, 6.07) is 9.85. The highest BCUT2D eigenvalue weighted by molar-refractivity contribution is 5.23. The molecule has 0 amide bonds. The lowest BCUT2D eigenvalue weighted by Crippen LogP contribution is -2.42. The maximum Gasteiger partial charge on any atom is 0.180 e. The molecule has 2 aromatic rings. The highest BCUT2D eigenvalue weighted by Crippen LogP contribution is 2.20. The Hall–Kier alpha value is -1.65. The van der Waals surface area contributed by atoms with Crippen molar-refractivity contribution in [1.82, 2.24) is 10.3 Å². The Morgan fingerprint density at radius 1 is 1.35 bits per heavy atom. The number of oxazole rings is 1. The summed E-state index contributed by atoms with van der Waals surface area (Å²) in [5.41, 5.74) is 0.565. The number of aliphatic hydroxyl groups is 1. The largest absolute Gasteiger partial charge is 0.447 e. The van der Waals surface area contributed by atoms with E-state index in [1.165, 1.54) is 6.39 Å². The Morgan fingerprint density at radius 2 is 2.12 bits per heavy atom. The molecule has 0 fully saturated rings. The van der Waals surface area contributed by atoms with E-state index < -0.39 is 5.54 Å². The SMILES string of the molecule is CC(CO)(NCc1cnco1)c1ccccc1. The molecule has 0 spiro atoms. The van der Waals surface area contributed by atoms with Crippen LogP contribution in [-0.4, -0.2) is 16.7 Å². The van der Waals surface area contributed by atoms with Gasteiger partial charge in [-0.05, 0) is 12.5 Å². The van der Waals surface area contributed by atoms with Crippen molar-refractivity contribution in [3.63, 3.8) is 0 Å². The van der Waals surface area contributed by atoms with Crippen molar-refractivity contribution in [2.75, 3.05) is 6.61 Å². The zero-order valence-corrected chi connectivity index (χ0v) is 9.76. The van der Waals surface area contributed by atoms with Gasteiger partial charge in [0.1, 0.15) is 5.76 Å². The minimum absolute atomic E-state index is 0.0190. The van der Waals surface area contributed by atoms with E-state index in [1.54, 1.807) is 6.20 Å². The van der Waals surface area contributed by atoms with Gasteiger partial charge in [-0.15, -0.1) is 0 Å². The average Bonchev–Trinajstić information content (AvgIpc) is 2.90. The molecule has 0 aliphatic carbocycles. The third-order valence-electron chi connectivity index (χ3n) is 2.86. The van der Waals surface area contributed by atoms with Gasteiger partial charge < -0.3 is 9.52 Å². The van der Waals surface area contributed by atoms with Crippen molar-refractivity contribution in [2.45, 2.75) is 19.0 Å². The van der Waals surface area contributed by atoms with Crippen LogP contribution in [-0.2, 0) is 12.1 Å². The first-order valence-corrected chi connectivity index (χ1v) is 5.53. The summed E-state index contributed by atoms with van der Waals surface area (Å²) in [6.07, 6.45) is 3.06. The van der Waals surface area contributed by atoms with Crippen molar-refractivity contribution in [3.05, 3.63) is 54.2 Å². The van der Waals surface area contributed by atoms with Crippen LogP contribution in [0.5, 0.6) is 0 Å². The van der Waals surface area contributed by atoms with E-state index in [1.807, 2.05) is 37.3 Å². The Balaban J connectivity index is 2.09. The molecule has 0 saturated heterocycles. The predicted octanol–water partition coefficient (Wildman–Crippen LogP) is 1.67. The second-order valence-corrected chi connectivity index (χ2v) is 4.18. The molecule has 17 heavy (non-hydrogen) atoms. The number of benzene rings is 1. The van der Waals surface area contributed by atoms with E-state index >= 15 is 0 Å². The molecule has 0 radical (unpaired) electrons. The molecule has 4 heteroatoms. The van der Waals surface area contributed by atoms with Crippen LogP contribution in [0.3, 0.4) is 0 Å². The van der Waals surface area contributed by atoms with Gasteiger partial charge in [0.25, 0.3) is 0 Å². The van der Waals surface area contributed by atoms with Gasteiger partial charge in [0.15, 0.2) is 6.39 Å². The van der Waals surface area contributed by atoms with E-state index in [2.05, 4.69) is 10.3 Å². The summed E-state index contributed by atoms with van der Waals surface area (Å²) < 4.78 is 5.15. The van der Waals surface area contributed by atoms with Crippen molar-refractivity contribution in [1.29, 1.82) is 0 Å². The van der Waals surface area contributed by atoms with E-state index in [-0.39, 0.29) is 6.61 Å². The summed E-state index contributed by atoms with van der Waals surface area (Å²) in [5.74, 6) is 0.751. The van der Waals surface area contributed by atoms with Crippen LogP contribution in [0.4, 0.5) is 0 Å². The number of nitrogens with zero attached hydrogens (tertiary/aromatic N) is 1. The molecule has 0 aliphatic rings. The lowest BCUT2D eigenvalue weighted by Gasteiger charge is -2.29. The summed E-state index contributed by atoms with van der Waals surface area (Å²) in [5, 5.41) is 12.8. The maximum atomic E-state index is 9.56. The van der Waals surface area contributed by atoms with Crippen LogP contribution in [0.1, 0.15) is 18.2 Å². The smallest absolute Gasteiger partial charge is 0.180 e. The van der Waals surface area contributed by atoms with Crippen molar-refractivity contribution < 1.29 is 9.52 Å². The Kier molecular flexibility index (Phi) is 3.56. The van der Waals surface area contributed by atoms with Crippen molar-refractivity contribution in [3.8, 4) is 0 Å². The second-order valence-electron chi connectivity index (χ2n) is 4.18. The molecule has 0 aliphatic heterocycles. The van der Waals surface area contributed by atoms with Crippen LogP contribution in [0, 0.1) is 0 Å². The first-order valence-electron chi connectivity index (χ1n) is 5.53. The third kappa shape index (κ3) is 2.72. The monoisotopic (exact) mass is 232 g/mol. The highest BCUT2D eigenvalue weighted by Gasteiger charge is 2.25. The lowest BCUT2D eigenvalue weighted by molar-refractivity contribution is 0.171. The number of hydrogen-bond donors (Lipinski definition) is 2. The molecule has 0 saturated carbocycles. The fourth-order valence-corrected chi connectivity index (χ4v) is 1.67. The maximum absolute atomic E-state index is 9.56. The molecule has 1 unspecified atom stereocenters. The average molecular weight is 232 g/mol. The van der Waals surface area contributed by atoms with Crippen LogP contribution in [0.25, 0.3) is 0 Å². The van der Waals surface area contributed by atoms with Crippen LogP contribution in [0.2, 0.25) is 0 Å². The van der Waals surface area contributed by atoms with E-state index in [9.17, 15) is 5.11 Å². The first-order chi connectivity index (χ1) is 8.24. The van der Waals surface area contributed by atoms with Gasteiger partial charge in [-0.2, -0.15) is 0 Å². The molecular formula is C13H16N2O2. The topological polar surface area (TPSA) is 58.3 Å². The number of nitrogens with one attached hydrogen (secondary N) is 1. The van der Waals surface area contributed by atoms with Crippen LogP contribution < -0.4 is 5.32 Å². The summed E-state index contributed by atoms with van der Waals surface area (Å²) in [4.78, 5) is 3.85. The number of hydrogen-bond acceptors (Lipinski definition) is 4. The van der Waals surface area contributed by atoms with Gasteiger partial charge in [0.2, 0.25) is 0 Å². The molecule has 4 nitrogen and oxygen atoms in total. The summed E-state index contributed by atoms with van der Waals surface area (Å²) in [6.45, 7) is 2.51. The minimum Gasteiger partial charge on any atom is -0.447 e. The molecule has 0 bridgehead atoms. The normalized spacial score (nSPS) is 14.5. The first kappa shape index (κ1) is 11.8. The molecule has 2 N–H and O–H groups in total. The second kappa shape index (κ2) is 5.12. The third-order valence-corrected chi connectivity index (χ3v) is 2.86. The molecule has 1 heterocycles. The van der Waals surface area contributed by atoms with Gasteiger partial charge in [0, 0.05) is 0 Å². The van der Waals surface area contributed by atoms with Gasteiger partial charge in [-0.1, -0.05) is 30.3 Å². The molecule has 1 atom stereocenters. The Morgan fingerprint density at radius 3 is 2.71 bits per heavy atom. The predicted molar refractivity (Wildman–Crippen MR) is 64.2 cm³/mol. The van der Waals surface area contributed by atoms with Crippen LogP contribution >= 0.6 is 0 Å². The van der Waals surface area contributed by atoms with Crippen molar-refractivity contribution in [2.24, 2.45) is 0 Å². The quantitative estimate of drug-likeness (QED) is 0.823. The van der Waals surface area contributed by atoms with Crippen LogP contribution in [0.15, 0.2) is 47.3 Å². The fraction of sp³-hybridized carbons (Fsp3) is 0.308. The minimum atomic E-state index is -0.478. The lowest BCUT2D eigenvalue weighted by atomic mass is 9.93. The van der Waals surface area contributed by atoms with E-state index in [0.29, 0.717) is 6.54 Å². The molecule has 1 aromatic heterocycles. The number of aliphatic hydroxyl groups excluding tert-OH is 1. The molecule has 2 rings (SSSR count). The molecule has 1 aromatic carbocycles. The summed E-state index contributed by atoms with van der Waals surface area (Å²) >= 11 is 0. The number of aromatic nitrogens is 1.